The van der Waals surface area contributed by atoms with E-state index in [0.29, 0.717) is 10.1 Å². The number of rotatable bonds is 15. The van der Waals surface area contributed by atoms with Gasteiger partial charge in [0.1, 0.15) is 48.1 Å². The van der Waals surface area contributed by atoms with Gasteiger partial charge in [-0.25, -0.2) is 9.59 Å². The quantitative estimate of drug-likeness (QED) is 0.129. The first-order valence-corrected chi connectivity index (χ1v) is 27.8. The van der Waals surface area contributed by atoms with Crippen LogP contribution in [0, 0.1) is 0 Å². The third-order valence-electron chi connectivity index (χ3n) is 12.7. The van der Waals surface area contributed by atoms with Crippen molar-refractivity contribution >= 4 is 33.7 Å². The molecule has 0 saturated carbocycles. The minimum Gasteiger partial charge on any atom is -0.443 e. The van der Waals surface area contributed by atoms with E-state index in [-0.39, 0.29) is 30.6 Å². The van der Waals surface area contributed by atoms with Gasteiger partial charge in [-0.05, 0) is 58.3 Å². The lowest BCUT2D eigenvalue weighted by Crippen LogP contribution is -2.69. The molecule has 69 heavy (non-hydrogen) atoms. The van der Waals surface area contributed by atoms with Crippen molar-refractivity contribution in [3.8, 4) is 0 Å². The largest absolute Gasteiger partial charge is 0.443 e. The van der Waals surface area contributed by atoms with Crippen LogP contribution in [0.5, 0.6) is 0 Å². The average molecular weight is 1000 g/mol. The van der Waals surface area contributed by atoms with Crippen LogP contribution in [0.3, 0.4) is 0 Å². The molecule has 1 N–H and O–H groups in total. The van der Waals surface area contributed by atoms with Gasteiger partial charge in [0.2, 0.25) is 5.91 Å². The summed E-state index contributed by atoms with van der Waals surface area (Å²) in [6.07, 6.45) is -9.14. The third-order valence-corrected chi connectivity index (χ3v) is 18.9. The Morgan fingerprint density at radius 3 is 2.14 bits per heavy atom. The van der Waals surface area contributed by atoms with Crippen LogP contribution in [0.2, 0.25) is 18.1 Å². The number of nitrogens with one attached hydrogen (secondary N) is 1. The molecule has 4 saturated heterocycles. The number of carbonyl (C=O) groups is 3. The maximum atomic E-state index is 15.0. The normalized spacial score (nSPS) is 28.8. The van der Waals surface area contributed by atoms with Crippen LogP contribution in [0.4, 0.5) is 4.79 Å². The number of hydrogen-bond donors (Lipinski definition) is 1. The van der Waals surface area contributed by atoms with E-state index in [9.17, 15) is 24.0 Å². The van der Waals surface area contributed by atoms with Crippen LogP contribution in [-0.4, -0.2) is 115 Å². The van der Waals surface area contributed by atoms with Gasteiger partial charge in [0.05, 0.1) is 38.1 Å². The molecule has 0 spiro atoms. The number of fused-ring (bicyclic) bond motifs is 2. The van der Waals surface area contributed by atoms with Gasteiger partial charge in [0, 0.05) is 31.2 Å². The first kappa shape index (κ1) is 52.6. The minimum absolute atomic E-state index is 0.0994. The van der Waals surface area contributed by atoms with E-state index in [2.05, 4.69) is 39.2 Å². The number of nitrogens with zero attached hydrogens (tertiary/aromatic N) is 2. The van der Waals surface area contributed by atoms with Crippen LogP contribution >= 0.6 is 7.60 Å². The Bertz CT molecular complexity index is 2490. The van der Waals surface area contributed by atoms with Gasteiger partial charge in [0.25, 0.3) is 5.56 Å². The molecule has 0 radical (unpaired) electrons. The Morgan fingerprint density at radius 1 is 0.855 bits per heavy atom. The predicted molar refractivity (Wildman–Crippen MR) is 252 cm³/mol. The van der Waals surface area contributed by atoms with Crippen LogP contribution in [0.1, 0.15) is 92.4 Å². The van der Waals surface area contributed by atoms with Crippen molar-refractivity contribution in [2.45, 2.75) is 166 Å². The van der Waals surface area contributed by atoms with Gasteiger partial charge >= 0.3 is 19.4 Å². The Labute approximate surface area is 403 Å². The second-order valence-corrected chi connectivity index (χ2v) is 27.6. The Kier molecular flexibility index (Phi) is 15.6. The van der Waals surface area contributed by atoms with Crippen molar-refractivity contribution < 1.29 is 65.6 Å². The maximum absolute atomic E-state index is 15.0. The third kappa shape index (κ3) is 12.5. The molecule has 0 aliphatic carbocycles. The molecule has 4 fully saturated rings. The molecule has 4 aliphatic heterocycles. The molecule has 5 heterocycles. The Hall–Kier alpha value is -4.18. The molecule has 0 bridgehead atoms. The smallest absolute Gasteiger partial charge is 0.425 e. The SMILES string of the molecule is CC(=O)N[C@@H]1[C@@H](O[Si](C)(C)C(C)(C)C)[C@@H]2OC(c3ccccc3)OC[C@H]2O[C@@H]1CC(=O)CP(=O)(OCc1ccccc1)OC[C@H]1O[C@@H](n2ccc(=O)n(C(=O)OC(C)(C)C)c2=O)[C@@H]2OC(C)(C)O[C@@H]21. The van der Waals surface area contributed by atoms with Crippen molar-refractivity contribution in [2.24, 2.45) is 0 Å². The summed E-state index contributed by atoms with van der Waals surface area (Å²) >= 11 is 0. The van der Waals surface area contributed by atoms with Gasteiger partial charge < -0.3 is 51.9 Å². The summed E-state index contributed by atoms with van der Waals surface area (Å²) in [5, 5.41) is 2.77. The van der Waals surface area contributed by atoms with E-state index in [0.717, 1.165) is 16.2 Å². The molecule has 11 atom stereocenters. The van der Waals surface area contributed by atoms with Crippen LogP contribution in [0.15, 0.2) is 82.5 Å². The fourth-order valence-corrected chi connectivity index (χ4v) is 11.3. The van der Waals surface area contributed by atoms with Crippen molar-refractivity contribution in [3.05, 3.63) is 105 Å². The standard InChI is InChI=1S/C48H66N3O16PSi/c1-29(52)49-37-33(61-34-26-58-43(31-20-16-13-17-21-31)63-38(34)40(37)67-69(10,11)47(5,6)7)24-32(53)28-68(57,59-25-30-18-14-12-15-19-30)60-27-35-39-41(65-48(8,9)64-39)42(62-35)50-23-22-36(54)51(44(50)55)45(56)66-46(2,3)4/h12-23,33-35,37-43H,24-28H2,1-11H3,(H,49,52)/t33-,34-,35-,37+,38-,39-,40-,41-,42-,43?,68?/m1/s1. The van der Waals surface area contributed by atoms with Gasteiger partial charge in [-0.15, -0.1) is 0 Å². The summed E-state index contributed by atoms with van der Waals surface area (Å²) in [5.41, 5.74) is -1.53. The molecule has 2 aromatic carbocycles. The zero-order valence-electron chi connectivity index (χ0n) is 41.1. The Morgan fingerprint density at radius 2 is 1.51 bits per heavy atom. The van der Waals surface area contributed by atoms with Gasteiger partial charge in [-0.1, -0.05) is 81.4 Å². The van der Waals surface area contributed by atoms with Gasteiger partial charge in [-0.3, -0.25) is 23.5 Å². The van der Waals surface area contributed by atoms with E-state index in [1.165, 1.54) is 13.1 Å². The van der Waals surface area contributed by atoms with Crippen molar-refractivity contribution in [1.29, 1.82) is 0 Å². The summed E-state index contributed by atoms with van der Waals surface area (Å²) in [4.78, 5) is 67.1. The molecule has 378 valence electrons. The second kappa shape index (κ2) is 20.5. The van der Waals surface area contributed by atoms with Crippen LogP contribution in [-0.2, 0) is 67.4 Å². The predicted octanol–water partition coefficient (Wildman–Crippen LogP) is 6.37. The molecular weight excluding hydrogens is 934 g/mol. The summed E-state index contributed by atoms with van der Waals surface area (Å²) in [7, 11) is -6.97. The number of ether oxygens (including phenoxy) is 7. The number of ketones is 1. The highest BCUT2D eigenvalue weighted by molar-refractivity contribution is 7.54. The van der Waals surface area contributed by atoms with E-state index >= 15 is 4.57 Å². The molecule has 1 amide bonds. The van der Waals surface area contributed by atoms with E-state index in [1.54, 1.807) is 58.9 Å². The van der Waals surface area contributed by atoms with E-state index < -0.39 is 124 Å². The van der Waals surface area contributed by atoms with Gasteiger partial charge in [0.15, 0.2) is 26.6 Å². The zero-order valence-corrected chi connectivity index (χ0v) is 43.0. The summed E-state index contributed by atoms with van der Waals surface area (Å²) in [6.45, 7) is 19.4. The molecule has 1 aromatic heterocycles. The zero-order chi connectivity index (χ0) is 50.3. The number of benzene rings is 2. The summed E-state index contributed by atoms with van der Waals surface area (Å²) in [6, 6.07) is 18.5. The highest BCUT2D eigenvalue weighted by Gasteiger charge is 2.58. The highest BCUT2D eigenvalue weighted by Crippen LogP contribution is 2.52. The molecule has 4 aliphatic rings. The fraction of sp³-hybridized carbons (Fsp3) is 0.604. The number of amides is 1. The molecule has 7 rings (SSSR count). The highest BCUT2D eigenvalue weighted by atomic mass is 31.2. The molecule has 19 nitrogen and oxygen atoms in total. The van der Waals surface area contributed by atoms with Crippen molar-refractivity contribution in [1.82, 2.24) is 14.5 Å². The topological polar surface area (TPSA) is 217 Å². The first-order valence-electron chi connectivity index (χ1n) is 23.2. The fourth-order valence-electron chi connectivity index (χ4n) is 8.45. The Balaban J connectivity index is 1.14. The lowest BCUT2D eigenvalue weighted by Gasteiger charge is -2.52. The van der Waals surface area contributed by atoms with Crippen molar-refractivity contribution in [3.63, 3.8) is 0 Å². The lowest BCUT2D eigenvalue weighted by molar-refractivity contribution is -0.312. The monoisotopic (exact) mass is 999 g/mol. The average Bonchev–Trinajstić information content (AvgIpc) is 3.75. The number of hydrogen-bond acceptors (Lipinski definition) is 16. The van der Waals surface area contributed by atoms with Gasteiger partial charge in [-0.2, -0.15) is 4.57 Å². The molecule has 21 heteroatoms. The summed E-state index contributed by atoms with van der Waals surface area (Å²) < 4.78 is 79.1. The summed E-state index contributed by atoms with van der Waals surface area (Å²) in [5.74, 6) is -2.12. The number of carbonyl (C=O) groups excluding carboxylic acids is 3. The van der Waals surface area contributed by atoms with Crippen molar-refractivity contribution in [2.75, 3.05) is 19.4 Å². The van der Waals surface area contributed by atoms with E-state index in [4.69, 9.17) is 46.6 Å². The van der Waals surface area contributed by atoms with Crippen LogP contribution < -0.4 is 16.6 Å². The van der Waals surface area contributed by atoms with E-state index in [1.807, 2.05) is 36.4 Å². The maximum Gasteiger partial charge on any atom is 0.425 e. The number of Topliss-reactive ketones (excluding diaryl/α,β-unsaturated/α-hetero) is 1. The number of aromatic nitrogens is 2. The molecule has 2 unspecified atom stereocenters. The second-order valence-electron chi connectivity index (χ2n) is 20.8. The first-order chi connectivity index (χ1) is 32.2. The minimum atomic E-state index is -4.39. The molecule has 3 aromatic rings. The lowest BCUT2D eigenvalue weighted by atomic mass is 9.89. The molecular formula is C48H66N3O16PSi. The van der Waals surface area contributed by atoms with Crippen LogP contribution in [0.25, 0.3) is 0 Å².